The molecule has 7 heteroatoms. The van der Waals surface area contributed by atoms with Crippen molar-refractivity contribution >= 4 is 23.4 Å². The fourth-order valence-electron chi connectivity index (χ4n) is 2.31. The van der Waals surface area contributed by atoms with Crippen LogP contribution in [0.5, 0.6) is 0 Å². The number of nitrogens with one attached hydrogen (secondary N) is 2. The predicted molar refractivity (Wildman–Crippen MR) is 96.8 cm³/mol. The molecule has 0 aliphatic rings. The Labute approximate surface area is 150 Å². The van der Waals surface area contributed by atoms with Gasteiger partial charge in [-0.15, -0.1) is 0 Å². The molecule has 0 atom stereocenters. The lowest BCUT2D eigenvalue weighted by atomic mass is 9.99. The first-order valence-corrected chi connectivity index (χ1v) is 7.93. The first kappa shape index (κ1) is 18.6. The van der Waals surface area contributed by atoms with E-state index in [9.17, 15) is 14.9 Å². The van der Waals surface area contributed by atoms with E-state index in [0.29, 0.717) is 27.5 Å². The Balaban J connectivity index is 2.59. The number of halogens is 1. The van der Waals surface area contributed by atoms with E-state index in [1.165, 1.54) is 0 Å². The summed E-state index contributed by atoms with van der Waals surface area (Å²) in [6, 6.07) is 8.43. The molecule has 1 aromatic carbocycles. The molecule has 130 valence electrons. The number of aryl methyl sites for hydroxylation is 1. The number of aromatic nitrogens is 1. The van der Waals surface area contributed by atoms with E-state index in [4.69, 9.17) is 16.3 Å². The third-order valence-electron chi connectivity index (χ3n) is 3.20. The monoisotopic (exact) mass is 359 g/mol. The van der Waals surface area contributed by atoms with Gasteiger partial charge in [0.1, 0.15) is 17.2 Å². The van der Waals surface area contributed by atoms with Crippen molar-refractivity contribution in [3.05, 3.63) is 50.9 Å². The molecular weight excluding hydrogens is 342 g/mol. The van der Waals surface area contributed by atoms with E-state index in [1.54, 1.807) is 52.0 Å². The van der Waals surface area contributed by atoms with Crippen molar-refractivity contribution in [3.63, 3.8) is 0 Å². The Hall–Kier alpha value is -2.78. The first-order valence-electron chi connectivity index (χ1n) is 7.55. The topological polar surface area (TPSA) is 95.0 Å². The van der Waals surface area contributed by atoms with Crippen LogP contribution in [0.25, 0.3) is 11.1 Å². The van der Waals surface area contributed by atoms with Crippen LogP contribution in [0, 0.1) is 18.3 Å². The number of ether oxygens (including phenoxy) is 1. The van der Waals surface area contributed by atoms with Crippen molar-refractivity contribution in [2.75, 3.05) is 5.32 Å². The van der Waals surface area contributed by atoms with Gasteiger partial charge in [0.05, 0.1) is 10.7 Å². The lowest BCUT2D eigenvalue weighted by molar-refractivity contribution is 0.0636. The summed E-state index contributed by atoms with van der Waals surface area (Å²) in [4.78, 5) is 26.7. The Morgan fingerprint density at radius 3 is 2.64 bits per heavy atom. The Morgan fingerprint density at radius 1 is 1.36 bits per heavy atom. The minimum atomic E-state index is -0.666. The Bertz CT molecular complexity index is 921. The van der Waals surface area contributed by atoms with Gasteiger partial charge in [0.25, 0.3) is 5.56 Å². The summed E-state index contributed by atoms with van der Waals surface area (Å²) >= 11 is 6.30. The summed E-state index contributed by atoms with van der Waals surface area (Å²) in [7, 11) is 0. The number of aromatic amines is 1. The largest absolute Gasteiger partial charge is 0.444 e. The molecule has 0 radical (unpaired) electrons. The van der Waals surface area contributed by atoms with E-state index in [1.807, 2.05) is 6.07 Å². The highest BCUT2D eigenvalue weighted by Crippen LogP contribution is 2.36. The van der Waals surface area contributed by atoms with Crippen LogP contribution in [0.4, 0.5) is 10.5 Å². The number of benzene rings is 1. The lowest BCUT2D eigenvalue weighted by Crippen LogP contribution is -2.27. The molecule has 0 unspecified atom stereocenters. The van der Waals surface area contributed by atoms with E-state index >= 15 is 0 Å². The molecule has 0 aliphatic carbocycles. The van der Waals surface area contributed by atoms with Gasteiger partial charge in [0.2, 0.25) is 0 Å². The molecule has 0 fully saturated rings. The summed E-state index contributed by atoms with van der Waals surface area (Å²) in [5, 5.41) is 12.3. The SMILES string of the molecule is Cc1cc(-c2c(Cl)cccc2NC(=O)OC(C)(C)C)c(C#N)c(=O)[nH]1. The van der Waals surface area contributed by atoms with Crippen molar-refractivity contribution < 1.29 is 9.53 Å². The molecule has 1 heterocycles. The molecule has 0 spiro atoms. The average molecular weight is 360 g/mol. The van der Waals surface area contributed by atoms with Crippen LogP contribution < -0.4 is 10.9 Å². The Kier molecular flexibility index (Phi) is 5.19. The van der Waals surface area contributed by atoms with Gasteiger partial charge in [-0.1, -0.05) is 17.7 Å². The molecule has 1 amide bonds. The summed E-state index contributed by atoms with van der Waals surface area (Å²) in [6.45, 7) is 6.95. The van der Waals surface area contributed by atoms with Crippen molar-refractivity contribution in [2.45, 2.75) is 33.3 Å². The fourth-order valence-corrected chi connectivity index (χ4v) is 2.59. The maximum atomic E-state index is 12.1. The summed E-state index contributed by atoms with van der Waals surface area (Å²) in [5.74, 6) is 0. The number of anilines is 1. The van der Waals surface area contributed by atoms with Gasteiger partial charge < -0.3 is 9.72 Å². The van der Waals surface area contributed by atoms with Crippen LogP contribution in [0.1, 0.15) is 32.0 Å². The molecule has 0 aliphatic heterocycles. The zero-order chi connectivity index (χ0) is 18.8. The van der Waals surface area contributed by atoms with Gasteiger partial charge in [-0.3, -0.25) is 10.1 Å². The molecule has 25 heavy (non-hydrogen) atoms. The number of hydrogen-bond donors (Lipinski definition) is 2. The number of carbonyl (C=O) groups excluding carboxylic acids is 1. The summed E-state index contributed by atoms with van der Waals surface area (Å²) in [6.07, 6.45) is -0.656. The highest BCUT2D eigenvalue weighted by Gasteiger charge is 2.20. The molecule has 2 N–H and O–H groups in total. The van der Waals surface area contributed by atoms with Crippen molar-refractivity contribution in [1.82, 2.24) is 4.98 Å². The Morgan fingerprint density at radius 2 is 2.04 bits per heavy atom. The maximum Gasteiger partial charge on any atom is 0.412 e. The van der Waals surface area contributed by atoms with Crippen LogP contribution in [0.15, 0.2) is 29.1 Å². The highest BCUT2D eigenvalue weighted by molar-refractivity contribution is 6.34. The second kappa shape index (κ2) is 6.99. The number of pyridine rings is 1. The third-order valence-corrected chi connectivity index (χ3v) is 3.51. The van der Waals surface area contributed by atoms with Crippen molar-refractivity contribution in [2.24, 2.45) is 0 Å². The van der Waals surface area contributed by atoms with Crippen LogP contribution in [0.2, 0.25) is 5.02 Å². The second-order valence-corrected chi connectivity index (χ2v) is 6.88. The molecule has 0 saturated carbocycles. The van der Waals surface area contributed by atoms with E-state index < -0.39 is 17.3 Å². The zero-order valence-corrected chi connectivity index (χ0v) is 15.1. The highest BCUT2D eigenvalue weighted by atomic mass is 35.5. The lowest BCUT2D eigenvalue weighted by Gasteiger charge is -2.21. The number of carbonyl (C=O) groups is 1. The quantitative estimate of drug-likeness (QED) is 0.839. The molecule has 2 rings (SSSR count). The number of rotatable bonds is 2. The van der Waals surface area contributed by atoms with E-state index in [-0.39, 0.29) is 5.56 Å². The maximum absolute atomic E-state index is 12.1. The van der Waals surface area contributed by atoms with Crippen LogP contribution in [-0.4, -0.2) is 16.7 Å². The van der Waals surface area contributed by atoms with Crippen LogP contribution in [-0.2, 0) is 4.74 Å². The molecular formula is C18H18ClN3O3. The van der Waals surface area contributed by atoms with Gasteiger partial charge >= 0.3 is 6.09 Å². The van der Waals surface area contributed by atoms with Gasteiger partial charge in [-0.05, 0) is 45.9 Å². The van der Waals surface area contributed by atoms with Crippen LogP contribution >= 0.6 is 11.6 Å². The van der Waals surface area contributed by atoms with E-state index in [0.717, 1.165) is 0 Å². The molecule has 0 bridgehead atoms. The molecule has 2 aromatic rings. The number of hydrogen-bond acceptors (Lipinski definition) is 4. The minimum Gasteiger partial charge on any atom is -0.444 e. The normalized spacial score (nSPS) is 10.9. The average Bonchev–Trinajstić information content (AvgIpc) is 2.44. The van der Waals surface area contributed by atoms with Gasteiger partial charge in [0.15, 0.2) is 0 Å². The number of amides is 1. The van der Waals surface area contributed by atoms with Crippen LogP contribution in [0.3, 0.4) is 0 Å². The smallest absolute Gasteiger partial charge is 0.412 e. The zero-order valence-electron chi connectivity index (χ0n) is 14.4. The minimum absolute atomic E-state index is 0.0778. The van der Waals surface area contributed by atoms with Crippen molar-refractivity contribution in [3.8, 4) is 17.2 Å². The molecule has 0 saturated heterocycles. The summed E-state index contributed by atoms with van der Waals surface area (Å²) in [5.41, 5.74) is 0.402. The molecule has 1 aromatic heterocycles. The van der Waals surface area contributed by atoms with Crippen molar-refractivity contribution in [1.29, 1.82) is 5.26 Å². The molecule has 6 nitrogen and oxygen atoms in total. The second-order valence-electron chi connectivity index (χ2n) is 6.47. The van der Waals surface area contributed by atoms with E-state index in [2.05, 4.69) is 10.3 Å². The predicted octanol–water partition coefficient (Wildman–Crippen LogP) is 4.22. The number of H-pyrrole nitrogens is 1. The summed E-state index contributed by atoms with van der Waals surface area (Å²) < 4.78 is 5.25. The van der Waals surface area contributed by atoms with Gasteiger partial charge in [0, 0.05) is 16.8 Å². The first-order chi connectivity index (χ1) is 11.6. The third kappa shape index (κ3) is 4.40. The standard InChI is InChI=1S/C18H18ClN3O3/c1-10-8-11(12(9-20)16(23)21-10)15-13(19)6-5-7-14(15)22-17(24)25-18(2,3)4/h5-8H,1-4H3,(H,21,23)(H,22,24). The van der Waals surface area contributed by atoms with Gasteiger partial charge in [-0.2, -0.15) is 5.26 Å². The van der Waals surface area contributed by atoms with Gasteiger partial charge in [-0.25, -0.2) is 4.79 Å². The number of nitriles is 1. The number of nitrogens with zero attached hydrogens (tertiary/aromatic N) is 1. The fraction of sp³-hybridized carbons (Fsp3) is 0.278.